The van der Waals surface area contributed by atoms with Gasteiger partial charge in [-0.15, -0.1) is 0 Å². The van der Waals surface area contributed by atoms with Crippen molar-refractivity contribution in [3.8, 4) is 0 Å². The van der Waals surface area contributed by atoms with Gasteiger partial charge < -0.3 is 15.0 Å². The van der Waals surface area contributed by atoms with E-state index < -0.39 is 0 Å². The molecule has 4 rings (SSSR count). The average Bonchev–Trinajstić information content (AvgIpc) is 3.14. The van der Waals surface area contributed by atoms with Crippen molar-refractivity contribution in [1.82, 2.24) is 19.5 Å². The molecule has 1 aliphatic carbocycles. The van der Waals surface area contributed by atoms with Crippen molar-refractivity contribution < 1.29 is 9.90 Å². The first kappa shape index (κ1) is 15.0. The van der Waals surface area contributed by atoms with Crippen LogP contribution in [-0.2, 0) is 7.05 Å². The van der Waals surface area contributed by atoms with E-state index in [1.165, 1.54) is 0 Å². The highest BCUT2D eigenvalue weighted by Gasteiger charge is 2.36. The van der Waals surface area contributed by atoms with E-state index in [1.807, 2.05) is 54.3 Å². The summed E-state index contributed by atoms with van der Waals surface area (Å²) in [5.41, 5.74) is 2.40. The highest BCUT2D eigenvalue weighted by molar-refractivity contribution is 6.00. The Kier molecular flexibility index (Phi) is 3.61. The van der Waals surface area contributed by atoms with Gasteiger partial charge in [0.2, 0.25) is 0 Å². The molecule has 2 heterocycles. The van der Waals surface area contributed by atoms with Gasteiger partial charge in [-0.3, -0.25) is 4.79 Å². The molecule has 1 aromatic carbocycles. The molecule has 124 valence electrons. The zero-order valence-corrected chi connectivity index (χ0v) is 13.5. The Hall–Kier alpha value is -2.60. The van der Waals surface area contributed by atoms with Gasteiger partial charge in [0.1, 0.15) is 11.2 Å². The van der Waals surface area contributed by atoms with Crippen LogP contribution in [0, 0.1) is 5.92 Å². The molecule has 0 aliphatic heterocycles. The summed E-state index contributed by atoms with van der Waals surface area (Å²) >= 11 is 0. The molecule has 2 aromatic heterocycles. The second-order valence-corrected chi connectivity index (χ2v) is 6.48. The van der Waals surface area contributed by atoms with Gasteiger partial charge in [-0.05, 0) is 24.3 Å². The number of hydrogen-bond acceptors (Lipinski definition) is 3. The maximum Gasteiger partial charge on any atom is 0.257 e. The number of rotatable bonds is 4. The number of carbonyl (C=O) groups is 1. The molecule has 1 amide bonds. The van der Waals surface area contributed by atoms with E-state index in [0.717, 1.165) is 11.2 Å². The topological polar surface area (TPSA) is 71.6 Å². The number of aryl methyl sites for hydroxylation is 1. The van der Waals surface area contributed by atoms with Crippen LogP contribution in [0.15, 0.2) is 48.9 Å². The van der Waals surface area contributed by atoms with E-state index in [0.29, 0.717) is 18.4 Å². The maximum atomic E-state index is 12.8. The third-order valence-electron chi connectivity index (χ3n) is 4.85. The number of aliphatic hydroxyl groups is 1. The van der Waals surface area contributed by atoms with Crippen molar-refractivity contribution in [3.05, 3.63) is 60.0 Å². The quantitative estimate of drug-likeness (QED) is 0.770. The predicted molar refractivity (Wildman–Crippen MR) is 89.5 cm³/mol. The van der Waals surface area contributed by atoms with E-state index in [2.05, 4.69) is 10.4 Å². The summed E-state index contributed by atoms with van der Waals surface area (Å²) < 4.78 is 3.58. The minimum atomic E-state index is -0.256. The van der Waals surface area contributed by atoms with Crippen LogP contribution in [0.25, 0.3) is 5.65 Å². The summed E-state index contributed by atoms with van der Waals surface area (Å²) in [7, 11) is 1.89. The summed E-state index contributed by atoms with van der Waals surface area (Å²) in [5.74, 6) is 0.118. The SMILES string of the molecule is Cn1ccn2ncc(C(=O)N[C@H](c3ccccc3)C3CC(O)C3)c12. The lowest BCUT2D eigenvalue weighted by Gasteiger charge is -2.38. The number of fused-ring (bicyclic) bond motifs is 1. The molecule has 0 bridgehead atoms. The van der Waals surface area contributed by atoms with Crippen LogP contribution in [-0.4, -0.2) is 31.3 Å². The predicted octanol–water partition coefficient (Wildman–Crippen LogP) is 1.91. The van der Waals surface area contributed by atoms with Crippen molar-refractivity contribution in [2.45, 2.75) is 25.0 Å². The minimum Gasteiger partial charge on any atom is -0.393 e. The van der Waals surface area contributed by atoms with Crippen LogP contribution >= 0.6 is 0 Å². The van der Waals surface area contributed by atoms with Crippen molar-refractivity contribution in [2.75, 3.05) is 0 Å². The molecule has 6 nitrogen and oxygen atoms in total. The van der Waals surface area contributed by atoms with Crippen LogP contribution < -0.4 is 5.32 Å². The molecule has 0 unspecified atom stereocenters. The van der Waals surface area contributed by atoms with Gasteiger partial charge in [-0.25, -0.2) is 4.52 Å². The number of aliphatic hydroxyl groups excluding tert-OH is 1. The molecule has 1 fully saturated rings. The van der Waals surface area contributed by atoms with Crippen LogP contribution in [0.1, 0.15) is 34.8 Å². The van der Waals surface area contributed by atoms with Crippen LogP contribution in [0.5, 0.6) is 0 Å². The van der Waals surface area contributed by atoms with E-state index in [4.69, 9.17) is 0 Å². The fourth-order valence-corrected chi connectivity index (χ4v) is 3.47. The summed E-state index contributed by atoms with van der Waals surface area (Å²) in [6.45, 7) is 0. The van der Waals surface area contributed by atoms with Gasteiger partial charge in [0.15, 0.2) is 0 Å². The molecule has 6 heteroatoms. The molecular weight excluding hydrogens is 304 g/mol. The third-order valence-corrected chi connectivity index (χ3v) is 4.85. The van der Waals surface area contributed by atoms with Crippen molar-refractivity contribution in [3.63, 3.8) is 0 Å². The minimum absolute atomic E-state index is 0.0997. The molecule has 24 heavy (non-hydrogen) atoms. The largest absolute Gasteiger partial charge is 0.393 e. The highest BCUT2D eigenvalue weighted by atomic mass is 16.3. The first-order chi connectivity index (χ1) is 11.6. The molecular formula is C18H20N4O2. The number of amides is 1. The number of carbonyl (C=O) groups excluding carboxylic acids is 1. The third kappa shape index (κ3) is 2.49. The lowest BCUT2D eigenvalue weighted by atomic mass is 9.75. The normalized spacial score (nSPS) is 21.4. The van der Waals surface area contributed by atoms with Gasteiger partial charge >= 0.3 is 0 Å². The first-order valence-corrected chi connectivity index (χ1v) is 8.16. The standard InChI is InChI=1S/C18H20N4O2/c1-21-7-8-22-18(21)15(11-19-22)17(24)20-16(13-9-14(23)10-13)12-5-3-2-4-6-12/h2-8,11,13-14,16,23H,9-10H2,1H3,(H,20,24)/t13?,14?,16-/m1/s1. The van der Waals surface area contributed by atoms with Crippen molar-refractivity contribution in [1.29, 1.82) is 0 Å². The Balaban J connectivity index is 1.62. The molecule has 1 saturated carbocycles. The van der Waals surface area contributed by atoms with Gasteiger partial charge in [0, 0.05) is 19.4 Å². The van der Waals surface area contributed by atoms with Gasteiger partial charge in [-0.2, -0.15) is 5.10 Å². The smallest absolute Gasteiger partial charge is 0.257 e. The molecule has 0 spiro atoms. The Morgan fingerprint density at radius 1 is 1.29 bits per heavy atom. The molecule has 0 saturated heterocycles. The van der Waals surface area contributed by atoms with E-state index in [9.17, 15) is 9.90 Å². The fourth-order valence-electron chi connectivity index (χ4n) is 3.47. The molecule has 1 aliphatic rings. The monoisotopic (exact) mass is 324 g/mol. The Bertz CT molecular complexity index is 862. The molecule has 0 radical (unpaired) electrons. The number of nitrogens with one attached hydrogen (secondary N) is 1. The van der Waals surface area contributed by atoms with Crippen LogP contribution in [0.2, 0.25) is 0 Å². The van der Waals surface area contributed by atoms with Gasteiger partial charge in [0.25, 0.3) is 5.91 Å². The summed E-state index contributed by atoms with van der Waals surface area (Å²) in [6, 6.07) is 9.84. The van der Waals surface area contributed by atoms with Crippen LogP contribution in [0.3, 0.4) is 0 Å². The zero-order chi connectivity index (χ0) is 16.7. The van der Waals surface area contributed by atoms with E-state index in [-0.39, 0.29) is 24.0 Å². The van der Waals surface area contributed by atoms with Gasteiger partial charge in [-0.1, -0.05) is 30.3 Å². The number of benzene rings is 1. The summed E-state index contributed by atoms with van der Waals surface area (Å²) in [5, 5.41) is 17.0. The Morgan fingerprint density at radius 2 is 2.04 bits per heavy atom. The number of imidazole rings is 1. The van der Waals surface area contributed by atoms with Crippen LogP contribution in [0.4, 0.5) is 0 Å². The maximum absolute atomic E-state index is 12.8. The van der Waals surface area contributed by atoms with Crippen molar-refractivity contribution in [2.24, 2.45) is 13.0 Å². The number of hydrogen-bond donors (Lipinski definition) is 2. The Labute approximate surface area is 139 Å². The number of aromatic nitrogens is 3. The Morgan fingerprint density at radius 3 is 2.75 bits per heavy atom. The average molecular weight is 324 g/mol. The van der Waals surface area contributed by atoms with Crippen molar-refractivity contribution >= 4 is 11.6 Å². The summed E-state index contributed by atoms with van der Waals surface area (Å²) in [4.78, 5) is 12.8. The molecule has 2 N–H and O–H groups in total. The fraction of sp³-hybridized carbons (Fsp3) is 0.333. The molecule has 3 aromatic rings. The number of nitrogens with zero attached hydrogens (tertiary/aromatic N) is 3. The summed E-state index contributed by atoms with van der Waals surface area (Å²) in [6.07, 6.45) is 6.47. The van der Waals surface area contributed by atoms with E-state index in [1.54, 1.807) is 10.7 Å². The highest BCUT2D eigenvalue weighted by Crippen LogP contribution is 2.38. The zero-order valence-electron chi connectivity index (χ0n) is 13.5. The van der Waals surface area contributed by atoms with E-state index >= 15 is 0 Å². The lowest BCUT2D eigenvalue weighted by molar-refractivity contribution is 0.0235. The molecule has 1 atom stereocenters. The van der Waals surface area contributed by atoms with Gasteiger partial charge in [0.05, 0.1) is 18.3 Å². The first-order valence-electron chi connectivity index (χ1n) is 8.16. The second-order valence-electron chi connectivity index (χ2n) is 6.48. The lowest BCUT2D eigenvalue weighted by Crippen LogP contribution is -2.41. The second kappa shape index (κ2) is 5.79.